The molecule has 0 amide bonds. The maximum Gasteiger partial charge on any atom is 0.244 e. The number of benzene rings is 2. The van der Waals surface area contributed by atoms with E-state index in [0.717, 1.165) is 29.5 Å². The number of ether oxygens (including phenoxy) is 2. The Balaban J connectivity index is 1.55. The van der Waals surface area contributed by atoms with Crippen LogP contribution in [0.2, 0.25) is 0 Å². The highest BCUT2D eigenvalue weighted by Crippen LogP contribution is 2.22. The SMILES string of the molecule is CCN(c1ccccc1)c1cnnc(NCCOc2ccc(OC)cc2)n1. The Morgan fingerprint density at radius 1 is 1.00 bits per heavy atom. The van der Waals surface area contributed by atoms with Crippen LogP contribution in [-0.2, 0) is 0 Å². The summed E-state index contributed by atoms with van der Waals surface area (Å²) in [6.07, 6.45) is 1.66. The number of nitrogens with zero attached hydrogens (tertiary/aromatic N) is 4. The molecule has 0 aliphatic rings. The smallest absolute Gasteiger partial charge is 0.244 e. The number of para-hydroxylation sites is 1. The van der Waals surface area contributed by atoms with Gasteiger partial charge in [0.1, 0.15) is 18.1 Å². The minimum Gasteiger partial charge on any atom is -0.497 e. The molecule has 0 unspecified atom stereocenters. The van der Waals surface area contributed by atoms with Gasteiger partial charge in [0.05, 0.1) is 19.9 Å². The van der Waals surface area contributed by atoms with Crippen LogP contribution in [0.5, 0.6) is 11.5 Å². The third kappa shape index (κ3) is 5.07. The first-order chi connectivity index (χ1) is 13.3. The predicted octanol–water partition coefficient (Wildman–Crippen LogP) is 3.53. The Bertz CT molecular complexity index is 827. The molecule has 140 valence electrons. The van der Waals surface area contributed by atoms with Crippen molar-refractivity contribution in [1.29, 1.82) is 0 Å². The molecule has 0 aliphatic heterocycles. The van der Waals surface area contributed by atoms with E-state index in [1.165, 1.54) is 0 Å². The van der Waals surface area contributed by atoms with Gasteiger partial charge in [-0.25, -0.2) is 0 Å². The molecule has 0 radical (unpaired) electrons. The number of methoxy groups -OCH3 is 1. The minimum absolute atomic E-state index is 0.472. The summed E-state index contributed by atoms with van der Waals surface area (Å²) in [4.78, 5) is 6.63. The molecule has 3 aromatic rings. The molecule has 3 rings (SSSR count). The number of aromatic nitrogens is 3. The van der Waals surface area contributed by atoms with Crippen LogP contribution in [0.15, 0.2) is 60.8 Å². The second-order valence-electron chi connectivity index (χ2n) is 5.67. The number of hydrogen-bond acceptors (Lipinski definition) is 7. The first kappa shape index (κ1) is 18.4. The number of rotatable bonds is 9. The summed E-state index contributed by atoms with van der Waals surface area (Å²) in [6.45, 7) is 3.90. The molecule has 7 nitrogen and oxygen atoms in total. The van der Waals surface area contributed by atoms with Crippen molar-refractivity contribution in [2.24, 2.45) is 0 Å². The lowest BCUT2D eigenvalue weighted by Crippen LogP contribution is -2.19. The third-order valence-electron chi connectivity index (χ3n) is 3.92. The molecule has 2 aromatic carbocycles. The topological polar surface area (TPSA) is 72.4 Å². The molecular weight excluding hydrogens is 342 g/mol. The quantitative estimate of drug-likeness (QED) is 0.582. The highest BCUT2D eigenvalue weighted by atomic mass is 16.5. The van der Waals surface area contributed by atoms with Gasteiger partial charge in [0, 0.05) is 12.2 Å². The van der Waals surface area contributed by atoms with E-state index in [4.69, 9.17) is 9.47 Å². The van der Waals surface area contributed by atoms with Gasteiger partial charge in [-0.05, 0) is 43.3 Å². The largest absolute Gasteiger partial charge is 0.497 e. The van der Waals surface area contributed by atoms with Crippen molar-refractivity contribution in [3.05, 3.63) is 60.8 Å². The molecule has 0 fully saturated rings. The van der Waals surface area contributed by atoms with Gasteiger partial charge in [-0.1, -0.05) is 18.2 Å². The van der Waals surface area contributed by atoms with Gasteiger partial charge in [0.2, 0.25) is 5.95 Å². The molecule has 1 aromatic heterocycles. The summed E-state index contributed by atoms with van der Waals surface area (Å²) in [7, 11) is 1.64. The van der Waals surface area contributed by atoms with Crippen molar-refractivity contribution in [2.75, 3.05) is 37.0 Å². The third-order valence-corrected chi connectivity index (χ3v) is 3.92. The summed E-state index contributed by atoms with van der Waals surface area (Å²) < 4.78 is 10.8. The fourth-order valence-electron chi connectivity index (χ4n) is 2.59. The summed E-state index contributed by atoms with van der Waals surface area (Å²) in [6, 6.07) is 17.6. The van der Waals surface area contributed by atoms with E-state index in [0.29, 0.717) is 19.1 Å². The molecule has 1 N–H and O–H groups in total. The molecule has 0 saturated heterocycles. The number of hydrogen-bond donors (Lipinski definition) is 1. The van der Waals surface area contributed by atoms with Crippen molar-refractivity contribution >= 4 is 17.5 Å². The lowest BCUT2D eigenvalue weighted by Gasteiger charge is -2.21. The van der Waals surface area contributed by atoms with Crippen molar-refractivity contribution in [2.45, 2.75) is 6.92 Å². The molecule has 7 heteroatoms. The average Bonchev–Trinajstić information content (AvgIpc) is 2.73. The van der Waals surface area contributed by atoms with Crippen LogP contribution in [0.3, 0.4) is 0 Å². The summed E-state index contributed by atoms with van der Waals surface area (Å²) in [5.74, 6) is 2.81. The first-order valence-corrected chi connectivity index (χ1v) is 8.83. The van der Waals surface area contributed by atoms with E-state index in [2.05, 4.69) is 32.3 Å². The van der Waals surface area contributed by atoms with E-state index in [1.807, 2.05) is 54.6 Å². The van der Waals surface area contributed by atoms with Crippen molar-refractivity contribution in [3.8, 4) is 11.5 Å². The highest BCUT2D eigenvalue weighted by Gasteiger charge is 2.10. The standard InChI is InChI=1S/C20H23N5O2/c1-3-25(16-7-5-4-6-8-16)19-15-22-24-20(23-19)21-13-14-27-18-11-9-17(26-2)10-12-18/h4-12,15H,3,13-14H2,1-2H3,(H,21,23,24). The summed E-state index contributed by atoms with van der Waals surface area (Å²) >= 11 is 0. The van der Waals surface area contributed by atoms with E-state index < -0.39 is 0 Å². The van der Waals surface area contributed by atoms with Crippen LogP contribution in [0.1, 0.15) is 6.92 Å². The van der Waals surface area contributed by atoms with E-state index >= 15 is 0 Å². The Morgan fingerprint density at radius 2 is 1.74 bits per heavy atom. The zero-order valence-corrected chi connectivity index (χ0v) is 15.5. The van der Waals surface area contributed by atoms with E-state index in [-0.39, 0.29) is 0 Å². The monoisotopic (exact) mass is 365 g/mol. The van der Waals surface area contributed by atoms with Gasteiger partial charge in [-0.2, -0.15) is 10.1 Å². The van der Waals surface area contributed by atoms with Gasteiger partial charge in [0.15, 0.2) is 5.82 Å². The first-order valence-electron chi connectivity index (χ1n) is 8.83. The second kappa shape index (κ2) is 9.38. The van der Waals surface area contributed by atoms with Gasteiger partial charge >= 0.3 is 0 Å². The van der Waals surface area contributed by atoms with Gasteiger partial charge in [0.25, 0.3) is 0 Å². The number of nitrogens with one attached hydrogen (secondary N) is 1. The fourth-order valence-corrected chi connectivity index (χ4v) is 2.59. The van der Waals surface area contributed by atoms with Crippen LogP contribution in [0.25, 0.3) is 0 Å². The molecule has 1 heterocycles. The van der Waals surface area contributed by atoms with E-state index in [1.54, 1.807) is 13.3 Å². The Labute approximate surface area is 159 Å². The molecule has 0 atom stereocenters. The average molecular weight is 365 g/mol. The number of anilines is 3. The molecule has 0 saturated carbocycles. The summed E-state index contributed by atoms with van der Waals surface area (Å²) in [5, 5.41) is 11.3. The Hall–Kier alpha value is -3.35. The van der Waals surface area contributed by atoms with Crippen LogP contribution < -0.4 is 19.7 Å². The molecule has 0 spiro atoms. The van der Waals surface area contributed by atoms with Gasteiger partial charge < -0.3 is 19.7 Å². The normalized spacial score (nSPS) is 10.3. The summed E-state index contributed by atoms with van der Waals surface area (Å²) in [5.41, 5.74) is 1.06. The van der Waals surface area contributed by atoms with Crippen LogP contribution in [0.4, 0.5) is 17.5 Å². The molecule has 0 bridgehead atoms. The lowest BCUT2D eigenvalue weighted by atomic mass is 10.3. The Morgan fingerprint density at radius 3 is 2.44 bits per heavy atom. The zero-order valence-electron chi connectivity index (χ0n) is 15.5. The molecule has 0 aliphatic carbocycles. The highest BCUT2D eigenvalue weighted by molar-refractivity contribution is 5.59. The van der Waals surface area contributed by atoms with Gasteiger partial charge in [-0.3, -0.25) is 0 Å². The van der Waals surface area contributed by atoms with E-state index in [9.17, 15) is 0 Å². The molecule has 27 heavy (non-hydrogen) atoms. The van der Waals surface area contributed by atoms with Crippen LogP contribution in [-0.4, -0.2) is 42.0 Å². The minimum atomic E-state index is 0.472. The zero-order chi connectivity index (χ0) is 18.9. The molecular formula is C20H23N5O2. The van der Waals surface area contributed by atoms with Gasteiger partial charge in [-0.15, -0.1) is 5.10 Å². The maximum absolute atomic E-state index is 5.69. The second-order valence-corrected chi connectivity index (χ2v) is 5.67. The van der Waals surface area contributed by atoms with Crippen molar-refractivity contribution in [3.63, 3.8) is 0 Å². The van der Waals surface area contributed by atoms with Crippen LogP contribution in [0, 0.1) is 0 Å². The van der Waals surface area contributed by atoms with Crippen LogP contribution >= 0.6 is 0 Å². The fraction of sp³-hybridized carbons (Fsp3) is 0.250. The van der Waals surface area contributed by atoms with Crippen molar-refractivity contribution < 1.29 is 9.47 Å². The van der Waals surface area contributed by atoms with Crippen molar-refractivity contribution in [1.82, 2.24) is 15.2 Å². The Kier molecular flexibility index (Phi) is 6.40. The maximum atomic E-state index is 5.69. The predicted molar refractivity (Wildman–Crippen MR) is 106 cm³/mol. The lowest BCUT2D eigenvalue weighted by molar-refractivity contribution is 0.331.